The van der Waals surface area contributed by atoms with Crippen molar-refractivity contribution in [1.82, 2.24) is 4.90 Å². The van der Waals surface area contributed by atoms with E-state index in [-0.39, 0.29) is 24.1 Å². The SMILES string of the molecule is C[C@H]1OCCN(C(=N)N=C(N)N)[C@H]1c1ccccc1. The average molecular weight is 261 g/mol. The van der Waals surface area contributed by atoms with E-state index in [4.69, 9.17) is 21.6 Å². The Hall–Kier alpha value is -2.08. The number of nitrogens with zero attached hydrogens (tertiary/aromatic N) is 2. The van der Waals surface area contributed by atoms with Crippen molar-refractivity contribution < 1.29 is 4.74 Å². The number of nitrogens with two attached hydrogens (primary N) is 2. The van der Waals surface area contributed by atoms with Gasteiger partial charge < -0.3 is 21.1 Å². The summed E-state index contributed by atoms with van der Waals surface area (Å²) in [6.07, 6.45) is -0.0225. The van der Waals surface area contributed by atoms with Gasteiger partial charge in [-0.25, -0.2) is 0 Å². The normalized spacial score (nSPS) is 22.9. The summed E-state index contributed by atoms with van der Waals surface area (Å²) in [5, 5.41) is 8.01. The second kappa shape index (κ2) is 5.71. The van der Waals surface area contributed by atoms with E-state index >= 15 is 0 Å². The number of hydrogen-bond acceptors (Lipinski definition) is 2. The number of rotatable bonds is 1. The molecule has 1 saturated heterocycles. The minimum Gasteiger partial charge on any atom is -0.374 e. The maximum atomic E-state index is 8.01. The quantitative estimate of drug-likeness (QED) is 0.510. The topological polar surface area (TPSA) is 101 Å². The maximum absolute atomic E-state index is 8.01. The molecule has 2 atom stereocenters. The van der Waals surface area contributed by atoms with Gasteiger partial charge in [-0.3, -0.25) is 5.41 Å². The minimum atomic E-state index is -0.101. The molecule has 0 aromatic heterocycles. The molecule has 0 spiro atoms. The summed E-state index contributed by atoms with van der Waals surface area (Å²) in [6, 6.07) is 9.89. The van der Waals surface area contributed by atoms with E-state index in [9.17, 15) is 0 Å². The van der Waals surface area contributed by atoms with Crippen LogP contribution in [0.3, 0.4) is 0 Å². The highest BCUT2D eigenvalue weighted by molar-refractivity contribution is 5.92. The van der Waals surface area contributed by atoms with Crippen LogP contribution >= 0.6 is 0 Å². The highest BCUT2D eigenvalue weighted by Crippen LogP contribution is 2.29. The molecule has 6 heteroatoms. The molecule has 0 aliphatic carbocycles. The molecule has 5 N–H and O–H groups in total. The van der Waals surface area contributed by atoms with Crippen molar-refractivity contribution in [2.75, 3.05) is 13.2 Å². The number of nitrogens with one attached hydrogen (secondary N) is 1. The van der Waals surface area contributed by atoms with Gasteiger partial charge in [0, 0.05) is 6.54 Å². The van der Waals surface area contributed by atoms with Crippen LogP contribution in [0.15, 0.2) is 35.3 Å². The third kappa shape index (κ3) is 3.03. The summed E-state index contributed by atoms with van der Waals surface area (Å²) < 4.78 is 5.68. The van der Waals surface area contributed by atoms with Gasteiger partial charge in [-0.05, 0) is 12.5 Å². The second-order valence-electron chi connectivity index (χ2n) is 4.49. The number of ether oxygens (including phenoxy) is 1. The molecule has 0 bridgehead atoms. The van der Waals surface area contributed by atoms with Gasteiger partial charge in [0.05, 0.1) is 18.8 Å². The molecule has 1 aromatic carbocycles. The third-order valence-electron chi connectivity index (χ3n) is 3.14. The molecular formula is C13H19N5O. The molecule has 6 nitrogen and oxygen atoms in total. The first-order valence-corrected chi connectivity index (χ1v) is 6.21. The van der Waals surface area contributed by atoms with E-state index in [0.29, 0.717) is 13.2 Å². The van der Waals surface area contributed by atoms with E-state index in [2.05, 4.69) is 4.99 Å². The Bertz CT molecular complexity index is 469. The second-order valence-corrected chi connectivity index (χ2v) is 4.49. The molecule has 0 saturated carbocycles. The third-order valence-corrected chi connectivity index (χ3v) is 3.14. The van der Waals surface area contributed by atoms with E-state index in [1.54, 1.807) is 0 Å². The van der Waals surface area contributed by atoms with Crippen LogP contribution in [0.1, 0.15) is 18.5 Å². The highest BCUT2D eigenvalue weighted by Gasteiger charge is 2.32. The molecule has 102 valence electrons. The van der Waals surface area contributed by atoms with Gasteiger partial charge in [-0.15, -0.1) is 0 Å². The average Bonchev–Trinajstić information content (AvgIpc) is 2.38. The highest BCUT2D eigenvalue weighted by atomic mass is 16.5. The lowest BCUT2D eigenvalue weighted by Gasteiger charge is -2.40. The Morgan fingerprint density at radius 2 is 2.05 bits per heavy atom. The molecule has 0 amide bonds. The Morgan fingerprint density at radius 3 is 2.68 bits per heavy atom. The fourth-order valence-electron chi connectivity index (χ4n) is 2.35. The van der Waals surface area contributed by atoms with Crippen molar-refractivity contribution in [3.05, 3.63) is 35.9 Å². The van der Waals surface area contributed by atoms with E-state index in [1.807, 2.05) is 42.2 Å². The lowest BCUT2D eigenvalue weighted by molar-refractivity contribution is -0.0367. The maximum Gasteiger partial charge on any atom is 0.221 e. The van der Waals surface area contributed by atoms with Crippen LogP contribution in [0.5, 0.6) is 0 Å². The zero-order valence-electron chi connectivity index (χ0n) is 10.9. The summed E-state index contributed by atoms with van der Waals surface area (Å²) in [6.45, 7) is 3.15. The van der Waals surface area contributed by atoms with Crippen LogP contribution < -0.4 is 11.5 Å². The predicted octanol–water partition coefficient (Wildman–Crippen LogP) is 0.657. The summed E-state index contributed by atoms with van der Waals surface area (Å²) in [5.41, 5.74) is 11.8. The first-order valence-electron chi connectivity index (χ1n) is 6.21. The fraction of sp³-hybridized carbons (Fsp3) is 0.385. The lowest BCUT2D eigenvalue weighted by Crippen LogP contribution is -2.47. The molecule has 1 aliphatic heterocycles. The van der Waals surface area contributed by atoms with Gasteiger partial charge in [0.2, 0.25) is 5.96 Å². The van der Waals surface area contributed by atoms with E-state index in [1.165, 1.54) is 0 Å². The van der Waals surface area contributed by atoms with Crippen LogP contribution in [0.2, 0.25) is 0 Å². The number of hydrogen-bond donors (Lipinski definition) is 3. The number of aliphatic imine (C=N–C) groups is 1. The summed E-state index contributed by atoms with van der Waals surface area (Å²) in [7, 11) is 0. The van der Waals surface area contributed by atoms with Crippen LogP contribution in [-0.4, -0.2) is 36.1 Å². The summed E-state index contributed by atoms with van der Waals surface area (Å²) in [5.74, 6) is -0.0278. The number of morpholine rings is 1. The first-order chi connectivity index (χ1) is 9.09. The summed E-state index contributed by atoms with van der Waals surface area (Å²) in [4.78, 5) is 5.70. The lowest BCUT2D eigenvalue weighted by atomic mass is 9.99. The Morgan fingerprint density at radius 1 is 1.37 bits per heavy atom. The van der Waals surface area contributed by atoms with Crippen LogP contribution in [0.25, 0.3) is 0 Å². The monoisotopic (exact) mass is 261 g/mol. The Kier molecular flexibility index (Phi) is 4.01. The van der Waals surface area contributed by atoms with Crippen molar-refractivity contribution in [3.63, 3.8) is 0 Å². The van der Waals surface area contributed by atoms with Gasteiger partial charge >= 0.3 is 0 Å². The minimum absolute atomic E-state index is 0.0225. The number of guanidine groups is 2. The van der Waals surface area contributed by atoms with Gasteiger partial charge in [0.15, 0.2) is 5.96 Å². The molecular weight excluding hydrogens is 242 g/mol. The van der Waals surface area contributed by atoms with Crippen molar-refractivity contribution in [3.8, 4) is 0 Å². The molecule has 1 fully saturated rings. The Balaban J connectivity index is 2.29. The first kappa shape index (κ1) is 13.4. The molecule has 1 aliphatic rings. The van der Waals surface area contributed by atoms with Crippen molar-refractivity contribution >= 4 is 11.9 Å². The van der Waals surface area contributed by atoms with Gasteiger partial charge in [0.1, 0.15) is 0 Å². The standard InChI is InChI=1S/C13H19N5O/c1-9-11(10-5-3-2-4-6-10)18(7-8-19-9)13(16)17-12(14)15/h2-6,9,11H,7-8H2,1H3,(H5,14,15,16,17)/t9-,11-/m1/s1. The molecule has 0 radical (unpaired) electrons. The molecule has 1 heterocycles. The van der Waals surface area contributed by atoms with Crippen molar-refractivity contribution in [1.29, 1.82) is 5.41 Å². The van der Waals surface area contributed by atoms with Crippen LogP contribution in [0, 0.1) is 5.41 Å². The molecule has 1 aromatic rings. The molecule has 2 rings (SSSR count). The Labute approximate surface area is 112 Å². The summed E-state index contributed by atoms with van der Waals surface area (Å²) >= 11 is 0. The van der Waals surface area contributed by atoms with Crippen LogP contribution in [0.4, 0.5) is 0 Å². The molecule has 0 unspecified atom stereocenters. The largest absolute Gasteiger partial charge is 0.374 e. The van der Waals surface area contributed by atoms with Crippen LogP contribution in [-0.2, 0) is 4.74 Å². The fourth-order valence-corrected chi connectivity index (χ4v) is 2.35. The zero-order valence-corrected chi connectivity index (χ0v) is 10.9. The smallest absolute Gasteiger partial charge is 0.221 e. The molecule has 19 heavy (non-hydrogen) atoms. The van der Waals surface area contributed by atoms with Gasteiger partial charge in [-0.1, -0.05) is 30.3 Å². The predicted molar refractivity (Wildman–Crippen MR) is 74.8 cm³/mol. The van der Waals surface area contributed by atoms with Crippen molar-refractivity contribution in [2.45, 2.75) is 19.1 Å². The zero-order chi connectivity index (χ0) is 13.8. The van der Waals surface area contributed by atoms with E-state index < -0.39 is 0 Å². The van der Waals surface area contributed by atoms with Crippen molar-refractivity contribution in [2.24, 2.45) is 16.5 Å². The number of benzene rings is 1. The van der Waals surface area contributed by atoms with Gasteiger partial charge in [-0.2, -0.15) is 4.99 Å². The van der Waals surface area contributed by atoms with E-state index in [0.717, 1.165) is 5.56 Å². The van der Waals surface area contributed by atoms with Gasteiger partial charge in [0.25, 0.3) is 0 Å².